The highest BCUT2D eigenvalue weighted by atomic mass is 16.5. The number of urea groups is 1. The molecule has 162 valence electrons. The van der Waals surface area contributed by atoms with E-state index in [0.717, 1.165) is 16.5 Å². The van der Waals surface area contributed by atoms with E-state index >= 15 is 0 Å². The van der Waals surface area contributed by atoms with E-state index < -0.39 is 12.0 Å². The molecule has 0 saturated heterocycles. The molecule has 0 bridgehead atoms. The van der Waals surface area contributed by atoms with Gasteiger partial charge in [-0.15, -0.1) is 0 Å². The first-order valence-corrected chi connectivity index (χ1v) is 9.94. The van der Waals surface area contributed by atoms with Gasteiger partial charge in [0.15, 0.2) is 0 Å². The smallest absolute Gasteiger partial charge is 0.323 e. The van der Waals surface area contributed by atoms with Crippen molar-refractivity contribution in [1.29, 1.82) is 0 Å². The number of hydrogen-bond acceptors (Lipinski definition) is 5. The second-order valence-corrected chi connectivity index (χ2v) is 7.07. The number of hydrogen-bond donors (Lipinski definition) is 2. The number of rotatable bonds is 6. The van der Waals surface area contributed by atoms with E-state index in [9.17, 15) is 9.59 Å². The number of anilines is 2. The molecule has 2 heterocycles. The summed E-state index contributed by atoms with van der Waals surface area (Å²) in [5.41, 5.74) is 3.18. The highest BCUT2D eigenvalue weighted by molar-refractivity contribution is 6.06. The summed E-state index contributed by atoms with van der Waals surface area (Å²) in [4.78, 5) is 28.0. The molecule has 2 aromatic carbocycles. The second kappa shape index (κ2) is 9.22. The van der Waals surface area contributed by atoms with Gasteiger partial charge in [0.25, 0.3) is 0 Å². The first kappa shape index (κ1) is 20.9. The molecule has 32 heavy (non-hydrogen) atoms. The van der Waals surface area contributed by atoms with Gasteiger partial charge >= 0.3 is 12.0 Å². The van der Waals surface area contributed by atoms with E-state index in [-0.39, 0.29) is 0 Å². The number of amides is 2. The molecule has 0 aliphatic rings. The van der Waals surface area contributed by atoms with Gasteiger partial charge in [0.1, 0.15) is 11.5 Å². The lowest BCUT2D eigenvalue weighted by Gasteiger charge is -2.13. The van der Waals surface area contributed by atoms with Gasteiger partial charge in [-0.2, -0.15) is 0 Å². The van der Waals surface area contributed by atoms with E-state index in [4.69, 9.17) is 9.47 Å². The van der Waals surface area contributed by atoms with Crippen molar-refractivity contribution in [1.82, 2.24) is 9.55 Å². The Balaban J connectivity index is 1.54. The van der Waals surface area contributed by atoms with Crippen LogP contribution in [0.1, 0.15) is 12.5 Å². The average molecular weight is 430 g/mol. The normalized spacial score (nSPS) is 10.6. The van der Waals surface area contributed by atoms with E-state index in [1.54, 1.807) is 24.5 Å². The minimum absolute atomic E-state index is 0.309. The molecule has 0 unspecified atom stereocenters. The molecule has 2 N–H and O–H groups in total. The molecule has 0 spiro atoms. The molecule has 4 rings (SSSR count). The molecule has 8 heteroatoms. The molecule has 2 amide bonds. The summed E-state index contributed by atoms with van der Waals surface area (Å²) >= 11 is 0. The maximum atomic E-state index is 12.7. The third-order valence-electron chi connectivity index (χ3n) is 4.84. The van der Waals surface area contributed by atoms with Crippen molar-refractivity contribution in [3.05, 3.63) is 78.8 Å². The lowest BCUT2D eigenvalue weighted by atomic mass is 10.2. The molecule has 2 aromatic heterocycles. The third-order valence-corrected chi connectivity index (χ3v) is 4.84. The van der Waals surface area contributed by atoms with Gasteiger partial charge in [-0.25, -0.2) is 4.79 Å². The molecule has 0 radical (unpaired) electrons. The summed E-state index contributed by atoms with van der Waals surface area (Å²) in [6, 6.07) is 15.9. The van der Waals surface area contributed by atoms with Crippen LogP contribution in [0.4, 0.5) is 16.2 Å². The second-order valence-electron chi connectivity index (χ2n) is 7.07. The van der Waals surface area contributed by atoms with Crippen LogP contribution in [0.5, 0.6) is 11.5 Å². The van der Waals surface area contributed by atoms with Gasteiger partial charge in [0.2, 0.25) is 0 Å². The summed E-state index contributed by atoms with van der Waals surface area (Å²) < 4.78 is 12.5. The largest absolute Gasteiger partial charge is 0.495 e. The van der Waals surface area contributed by atoms with E-state index in [2.05, 4.69) is 20.2 Å². The fourth-order valence-corrected chi connectivity index (χ4v) is 3.45. The first-order chi connectivity index (χ1) is 15.5. The number of esters is 1. The van der Waals surface area contributed by atoms with Crippen LogP contribution in [0, 0.1) is 0 Å². The molecule has 0 saturated carbocycles. The highest BCUT2D eigenvalue weighted by Crippen LogP contribution is 2.30. The summed E-state index contributed by atoms with van der Waals surface area (Å²) in [6.07, 6.45) is 5.52. The Bertz CT molecular complexity index is 1270. The number of aromatic nitrogens is 2. The van der Waals surface area contributed by atoms with Crippen molar-refractivity contribution >= 4 is 34.3 Å². The van der Waals surface area contributed by atoms with Crippen LogP contribution in [-0.4, -0.2) is 28.7 Å². The Hall–Kier alpha value is -4.33. The number of nitrogens with one attached hydrogen (secondary N) is 2. The van der Waals surface area contributed by atoms with Crippen molar-refractivity contribution < 1.29 is 19.1 Å². The van der Waals surface area contributed by atoms with Crippen molar-refractivity contribution in [3.8, 4) is 11.5 Å². The van der Waals surface area contributed by atoms with Crippen molar-refractivity contribution in [3.63, 3.8) is 0 Å². The molecule has 4 aromatic rings. The maximum absolute atomic E-state index is 12.7. The Kier molecular flexibility index (Phi) is 6.03. The van der Waals surface area contributed by atoms with Crippen LogP contribution in [0.25, 0.3) is 10.9 Å². The van der Waals surface area contributed by atoms with Gasteiger partial charge < -0.3 is 24.7 Å². The Morgan fingerprint density at radius 2 is 1.78 bits per heavy atom. The van der Waals surface area contributed by atoms with Crippen LogP contribution < -0.4 is 20.1 Å². The minimum atomic E-state index is -0.450. The minimum Gasteiger partial charge on any atom is -0.495 e. The Morgan fingerprint density at radius 3 is 2.53 bits per heavy atom. The number of fused-ring (bicyclic) bond motifs is 1. The van der Waals surface area contributed by atoms with Crippen LogP contribution >= 0.6 is 0 Å². The number of nitrogens with zero attached hydrogens (tertiary/aromatic N) is 2. The van der Waals surface area contributed by atoms with Crippen LogP contribution in [0.2, 0.25) is 0 Å². The summed E-state index contributed by atoms with van der Waals surface area (Å²) in [5, 5.41) is 6.55. The number of pyridine rings is 1. The molecular formula is C24H22N4O4. The van der Waals surface area contributed by atoms with Gasteiger partial charge in [0.05, 0.1) is 24.0 Å². The van der Waals surface area contributed by atoms with Crippen LogP contribution in [-0.2, 0) is 11.3 Å². The quantitative estimate of drug-likeness (QED) is 0.343. The SMILES string of the molecule is COc1ccc(OC(C)=O)cc1NC(=O)Nc1cccc2c1ccn2Cc1ccncc1. The fourth-order valence-electron chi connectivity index (χ4n) is 3.45. The first-order valence-electron chi connectivity index (χ1n) is 9.94. The zero-order chi connectivity index (χ0) is 22.5. The van der Waals surface area contributed by atoms with Gasteiger partial charge in [-0.05, 0) is 48.0 Å². The predicted octanol–water partition coefficient (Wildman–Crippen LogP) is 4.66. The number of methoxy groups -OCH3 is 1. The monoisotopic (exact) mass is 430 g/mol. The molecule has 0 aliphatic carbocycles. The maximum Gasteiger partial charge on any atom is 0.323 e. The fraction of sp³-hybridized carbons (Fsp3) is 0.125. The number of carbonyl (C=O) groups is 2. The van der Waals surface area contributed by atoms with Gasteiger partial charge in [0, 0.05) is 43.5 Å². The van der Waals surface area contributed by atoms with Crippen LogP contribution in [0.3, 0.4) is 0 Å². The van der Waals surface area contributed by atoms with E-state index in [1.807, 2.05) is 42.6 Å². The lowest BCUT2D eigenvalue weighted by molar-refractivity contribution is -0.131. The topological polar surface area (TPSA) is 94.5 Å². The predicted molar refractivity (Wildman–Crippen MR) is 122 cm³/mol. The van der Waals surface area contributed by atoms with E-state index in [0.29, 0.717) is 29.4 Å². The number of benzene rings is 2. The number of carbonyl (C=O) groups excluding carboxylic acids is 2. The van der Waals surface area contributed by atoms with E-state index in [1.165, 1.54) is 20.1 Å². The van der Waals surface area contributed by atoms with Crippen LogP contribution in [0.15, 0.2) is 73.2 Å². The molecule has 0 fully saturated rings. The molecular weight excluding hydrogens is 408 g/mol. The summed E-state index contributed by atoms with van der Waals surface area (Å²) in [5.74, 6) is 0.301. The highest BCUT2D eigenvalue weighted by Gasteiger charge is 2.13. The summed E-state index contributed by atoms with van der Waals surface area (Å²) in [6.45, 7) is 2.01. The average Bonchev–Trinajstić information content (AvgIpc) is 3.18. The third kappa shape index (κ3) is 4.70. The zero-order valence-corrected chi connectivity index (χ0v) is 17.7. The molecule has 0 aliphatic heterocycles. The molecule has 8 nitrogen and oxygen atoms in total. The Labute approximate surface area is 184 Å². The van der Waals surface area contributed by atoms with Crippen molar-refractivity contribution in [2.24, 2.45) is 0 Å². The molecule has 0 atom stereocenters. The summed E-state index contributed by atoms with van der Waals surface area (Å²) in [7, 11) is 1.50. The van der Waals surface area contributed by atoms with Gasteiger partial charge in [-0.3, -0.25) is 9.78 Å². The van der Waals surface area contributed by atoms with Gasteiger partial charge in [-0.1, -0.05) is 6.07 Å². The number of ether oxygens (including phenoxy) is 2. The van der Waals surface area contributed by atoms with Crippen molar-refractivity contribution in [2.75, 3.05) is 17.7 Å². The standard InChI is InChI=1S/C24H22N4O4/c1-16(29)32-18-6-7-23(31-2)21(14-18)27-24(30)26-20-4-3-5-22-19(20)10-13-28(22)15-17-8-11-25-12-9-17/h3-14H,15H2,1-2H3,(H2,26,27,30). The van der Waals surface area contributed by atoms with Crippen molar-refractivity contribution in [2.45, 2.75) is 13.5 Å². The lowest BCUT2D eigenvalue weighted by Crippen LogP contribution is -2.20. The Morgan fingerprint density at radius 1 is 1.00 bits per heavy atom. The zero-order valence-electron chi connectivity index (χ0n) is 17.7.